The second kappa shape index (κ2) is 9.53. The highest BCUT2D eigenvalue weighted by Gasteiger charge is 2.39. The molecule has 1 aliphatic rings. The second-order valence-electron chi connectivity index (χ2n) is 8.96. The van der Waals surface area contributed by atoms with Crippen molar-refractivity contribution in [3.05, 3.63) is 59.7 Å². The SMILES string of the molecule is CC(C)(C)OC(=O)C(C(=O)OCC1c2ccccc2-c2ccccc21)C(N)CCC(=O)O. The third kappa shape index (κ3) is 5.34. The zero-order valence-corrected chi connectivity index (χ0v) is 18.5. The lowest BCUT2D eigenvalue weighted by molar-refractivity contribution is -0.170. The standard InChI is InChI=1S/C25H29NO6/c1-25(2,3)32-24(30)22(20(26)12-13-21(27)28)23(29)31-14-19-17-10-6-4-8-15(17)16-9-5-7-11-18(16)19/h4-11,19-20,22H,12-14,26H2,1-3H3,(H,27,28). The van der Waals surface area contributed by atoms with Gasteiger partial charge in [-0.3, -0.25) is 14.4 Å². The molecule has 0 saturated heterocycles. The predicted octanol–water partition coefficient (Wildman–Crippen LogP) is 3.49. The highest BCUT2D eigenvalue weighted by atomic mass is 16.6. The van der Waals surface area contributed by atoms with Gasteiger partial charge in [0.25, 0.3) is 0 Å². The maximum atomic E-state index is 13.0. The van der Waals surface area contributed by atoms with Crippen LogP contribution in [0.4, 0.5) is 0 Å². The fraction of sp³-hybridized carbons (Fsp3) is 0.400. The van der Waals surface area contributed by atoms with Crippen molar-refractivity contribution in [2.75, 3.05) is 6.61 Å². The molecular formula is C25H29NO6. The highest BCUT2D eigenvalue weighted by Crippen LogP contribution is 2.44. The van der Waals surface area contributed by atoms with Crippen molar-refractivity contribution in [2.45, 2.75) is 51.2 Å². The lowest BCUT2D eigenvalue weighted by Crippen LogP contribution is -2.45. The zero-order chi connectivity index (χ0) is 23.5. The molecule has 2 unspecified atom stereocenters. The number of benzene rings is 2. The molecule has 3 rings (SSSR count). The van der Waals surface area contributed by atoms with E-state index in [1.807, 2.05) is 48.5 Å². The Kier molecular flexibility index (Phi) is 6.99. The summed E-state index contributed by atoms with van der Waals surface area (Å²) in [7, 11) is 0. The average Bonchev–Trinajstić information content (AvgIpc) is 3.03. The highest BCUT2D eigenvalue weighted by molar-refractivity contribution is 5.96. The lowest BCUT2D eigenvalue weighted by Gasteiger charge is -2.26. The second-order valence-corrected chi connectivity index (χ2v) is 8.96. The minimum Gasteiger partial charge on any atom is -0.481 e. The van der Waals surface area contributed by atoms with Crippen LogP contribution in [0, 0.1) is 5.92 Å². The van der Waals surface area contributed by atoms with Gasteiger partial charge in [-0.15, -0.1) is 0 Å². The van der Waals surface area contributed by atoms with Crippen molar-refractivity contribution in [3.63, 3.8) is 0 Å². The third-order valence-electron chi connectivity index (χ3n) is 5.39. The van der Waals surface area contributed by atoms with Gasteiger partial charge in [0.05, 0.1) is 0 Å². The number of carboxylic acid groups (broad SMARTS) is 1. The Balaban J connectivity index is 1.79. The van der Waals surface area contributed by atoms with E-state index in [0.717, 1.165) is 22.3 Å². The Morgan fingerprint density at radius 2 is 1.50 bits per heavy atom. The van der Waals surface area contributed by atoms with Crippen molar-refractivity contribution < 1.29 is 29.0 Å². The number of nitrogens with two attached hydrogens (primary N) is 1. The summed E-state index contributed by atoms with van der Waals surface area (Å²) in [4.78, 5) is 36.7. The number of carbonyl (C=O) groups is 3. The molecule has 2 atom stereocenters. The van der Waals surface area contributed by atoms with Crippen molar-refractivity contribution in [1.29, 1.82) is 0 Å². The van der Waals surface area contributed by atoms with Gasteiger partial charge in [0.15, 0.2) is 5.92 Å². The summed E-state index contributed by atoms with van der Waals surface area (Å²) in [6.07, 6.45) is -0.319. The van der Waals surface area contributed by atoms with E-state index in [-0.39, 0.29) is 25.4 Å². The number of aliphatic carboxylic acids is 1. The van der Waals surface area contributed by atoms with Gasteiger partial charge < -0.3 is 20.3 Å². The van der Waals surface area contributed by atoms with Gasteiger partial charge in [-0.1, -0.05) is 48.5 Å². The predicted molar refractivity (Wildman–Crippen MR) is 119 cm³/mol. The summed E-state index contributed by atoms with van der Waals surface area (Å²) < 4.78 is 11.0. The van der Waals surface area contributed by atoms with Gasteiger partial charge in [-0.25, -0.2) is 0 Å². The number of hydrogen-bond acceptors (Lipinski definition) is 6. The van der Waals surface area contributed by atoms with Crippen LogP contribution in [0.2, 0.25) is 0 Å². The molecule has 0 heterocycles. The Bertz CT molecular complexity index is 964. The van der Waals surface area contributed by atoms with Gasteiger partial charge in [0.2, 0.25) is 0 Å². The molecule has 7 nitrogen and oxygen atoms in total. The number of fused-ring (bicyclic) bond motifs is 3. The topological polar surface area (TPSA) is 116 Å². The van der Waals surface area contributed by atoms with E-state index in [0.29, 0.717) is 0 Å². The smallest absolute Gasteiger partial charge is 0.322 e. The van der Waals surface area contributed by atoms with Crippen LogP contribution in [-0.4, -0.2) is 41.3 Å². The number of rotatable bonds is 8. The first-order chi connectivity index (χ1) is 15.1. The van der Waals surface area contributed by atoms with Crippen molar-refractivity contribution in [3.8, 4) is 11.1 Å². The van der Waals surface area contributed by atoms with Gasteiger partial charge in [0.1, 0.15) is 12.2 Å². The first-order valence-electron chi connectivity index (χ1n) is 10.6. The molecule has 0 radical (unpaired) electrons. The maximum Gasteiger partial charge on any atom is 0.322 e. The first kappa shape index (κ1) is 23.5. The van der Waals surface area contributed by atoms with Crippen molar-refractivity contribution >= 4 is 17.9 Å². The summed E-state index contributed by atoms with van der Waals surface area (Å²) >= 11 is 0. The van der Waals surface area contributed by atoms with Crippen LogP contribution in [0.3, 0.4) is 0 Å². The molecule has 0 amide bonds. The monoisotopic (exact) mass is 439 g/mol. The molecule has 0 aliphatic heterocycles. The molecule has 2 aromatic carbocycles. The average molecular weight is 440 g/mol. The van der Waals surface area contributed by atoms with Gasteiger partial charge >= 0.3 is 17.9 Å². The fourth-order valence-electron chi connectivity index (χ4n) is 3.96. The van der Waals surface area contributed by atoms with E-state index >= 15 is 0 Å². The number of carbonyl (C=O) groups excluding carboxylic acids is 2. The molecule has 7 heteroatoms. The summed E-state index contributed by atoms with van der Waals surface area (Å²) in [6, 6.07) is 14.8. The number of carboxylic acids is 1. The quantitative estimate of drug-likeness (QED) is 0.478. The molecular weight excluding hydrogens is 410 g/mol. The molecule has 3 N–H and O–H groups in total. The Hall–Kier alpha value is -3.19. The Labute approximate surface area is 187 Å². The summed E-state index contributed by atoms with van der Waals surface area (Å²) in [6.45, 7) is 5.09. The fourth-order valence-corrected chi connectivity index (χ4v) is 3.96. The minimum absolute atomic E-state index is 0.0395. The molecule has 32 heavy (non-hydrogen) atoms. The molecule has 0 aromatic heterocycles. The summed E-state index contributed by atoms with van der Waals surface area (Å²) in [5.74, 6) is -4.25. The molecule has 1 aliphatic carbocycles. The Morgan fingerprint density at radius 3 is 2.00 bits per heavy atom. The van der Waals surface area contributed by atoms with Crippen LogP contribution in [0.15, 0.2) is 48.5 Å². The van der Waals surface area contributed by atoms with E-state index in [2.05, 4.69) is 0 Å². The number of esters is 2. The number of hydrogen-bond donors (Lipinski definition) is 2. The van der Waals surface area contributed by atoms with Crippen molar-refractivity contribution in [1.82, 2.24) is 0 Å². The van der Waals surface area contributed by atoms with Crippen LogP contribution in [0.1, 0.15) is 50.7 Å². The van der Waals surface area contributed by atoms with E-state index < -0.39 is 35.5 Å². The number of ether oxygens (including phenoxy) is 2. The largest absolute Gasteiger partial charge is 0.481 e. The summed E-state index contributed by atoms with van der Waals surface area (Å²) in [5.41, 5.74) is 9.50. The van der Waals surface area contributed by atoms with Crippen LogP contribution in [0.5, 0.6) is 0 Å². The van der Waals surface area contributed by atoms with E-state index in [1.165, 1.54) is 0 Å². The molecule has 2 aromatic rings. The van der Waals surface area contributed by atoms with Crippen molar-refractivity contribution in [2.24, 2.45) is 11.7 Å². The van der Waals surface area contributed by atoms with Crippen LogP contribution in [0.25, 0.3) is 11.1 Å². The lowest BCUT2D eigenvalue weighted by atomic mass is 9.95. The molecule has 0 saturated carbocycles. The maximum absolute atomic E-state index is 13.0. The third-order valence-corrected chi connectivity index (χ3v) is 5.39. The van der Waals surface area contributed by atoms with Gasteiger partial charge in [-0.05, 0) is 49.4 Å². The molecule has 170 valence electrons. The van der Waals surface area contributed by atoms with Crippen LogP contribution < -0.4 is 5.73 Å². The molecule has 0 spiro atoms. The molecule has 0 fully saturated rings. The first-order valence-corrected chi connectivity index (χ1v) is 10.6. The van der Waals surface area contributed by atoms with E-state index in [1.54, 1.807) is 20.8 Å². The van der Waals surface area contributed by atoms with Crippen LogP contribution in [-0.2, 0) is 23.9 Å². The van der Waals surface area contributed by atoms with Crippen LogP contribution >= 0.6 is 0 Å². The minimum atomic E-state index is -1.40. The normalized spacial score (nSPS) is 14.8. The van der Waals surface area contributed by atoms with Gasteiger partial charge in [-0.2, -0.15) is 0 Å². The summed E-state index contributed by atoms with van der Waals surface area (Å²) in [5, 5.41) is 8.95. The molecule has 0 bridgehead atoms. The Morgan fingerprint density at radius 1 is 0.969 bits per heavy atom. The van der Waals surface area contributed by atoms with Gasteiger partial charge in [0, 0.05) is 18.4 Å². The zero-order valence-electron chi connectivity index (χ0n) is 18.5. The van der Waals surface area contributed by atoms with E-state index in [9.17, 15) is 14.4 Å². The van der Waals surface area contributed by atoms with E-state index in [4.69, 9.17) is 20.3 Å².